The second-order valence-electron chi connectivity index (χ2n) is 10.0. The van der Waals surface area contributed by atoms with Gasteiger partial charge in [-0.1, -0.05) is 97.1 Å². The van der Waals surface area contributed by atoms with Gasteiger partial charge >= 0.3 is 0 Å². The fourth-order valence-electron chi connectivity index (χ4n) is 5.71. The minimum absolute atomic E-state index is 0. The highest BCUT2D eigenvalue weighted by Crippen LogP contribution is 2.29. The van der Waals surface area contributed by atoms with Crippen molar-refractivity contribution >= 4 is 80.3 Å². The lowest BCUT2D eigenvalue weighted by Gasteiger charge is -2.13. The zero-order valence-corrected chi connectivity index (χ0v) is 25.5. The topological polar surface area (TPSA) is 36.1 Å². The van der Waals surface area contributed by atoms with Crippen LogP contribution in [0.1, 0.15) is 11.1 Å². The van der Waals surface area contributed by atoms with Crippen molar-refractivity contribution in [1.82, 2.24) is 16.0 Å². The molecule has 0 aromatic heterocycles. The molecule has 0 aliphatic carbocycles. The molecule has 0 bridgehead atoms. The van der Waals surface area contributed by atoms with Gasteiger partial charge in [0.2, 0.25) is 0 Å². The van der Waals surface area contributed by atoms with E-state index in [1.54, 1.807) is 0 Å². The van der Waals surface area contributed by atoms with E-state index in [1.165, 1.54) is 54.2 Å². The maximum atomic E-state index is 3.66. The zero-order chi connectivity index (χ0) is 25.6. The van der Waals surface area contributed by atoms with Crippen molar-refractivity contribution in [3.05, 3.63) is 120 Å². The molecule has 0 fully saturated rings. The summed E-state index contributed by atoms with van der Waals surface area (Å²) in [5.74, 6) is 0. The quantitative estimate of drug-likeness (QED) is 0.103. The van der Waals surface area contributed by atoms with Crippen molar-refractivity contribution in [1.29, 1.82) is 0 Å². The van der Waals surface area contributed by atoms with Crippen LogP contribution >= 0.6 is 37.2 Å². The van der Waals surface area contributed by atoms with Gasteiger partial charge in [0, 0.05) is 32.7 Å². The van der Waals surface area contributed by atoms with Crippen molar-refractivity contribution < 1.29 is 0 Å². The summed E-state index contributed by atoms with van der Waals surface area (Å²) in [6, 6.07) is 39.5. The van der Waals surface area contributed by atoms with Crippen molar-refractivity contribution in [3.8, 4) is 0 Å². The first-order valence-corrected chi connectivity index (χ1v) is 13.8. The number of hydrogen-bond donors (Lipinski definition) is 3. The zero-order valence-electron chi connectivity index (χ0n) is 23.1. The van der Waals surface area contributed by atoms with E-state index in [1.807, 2.05) is 0 Å². The molecule has 0 amide bonds. The number of hydrogen-bond acceptors (Lipinski definition) is 3. The van der Waals surface area contributed by atoms with Crippen LogP contribution in [0.3, 0.4) is 0 Å². The minimum Gasteiger partial charge on any atom is -0.315 e. The third kappa shape index (κ3) is 7.50. The number of benzene rings is 6. The molecule has 6 aromatic rings. The first-order valence-electron chi connectivity index (χ1n) is 13.8. The lowest BCUT2D eigenvalue weighted by molar-refractivity contribution is 0.583. The van der Waals surface area contributed by atoms with E-state index in [-0.39, 0.29) is 37.2 Å². The molecule has 41 heavy (non-hydrogen) atoms. The molecule has 0 radical (unpaired) electrons. The molecule has 3 nitrogen and oxygen atoms in total. The van der Waals surface area contributed by atoms with E-state index in [2.05, 4.69) is 125 Å². The molecule has 6 rings (SSSR count). The maximum absolute atomic E-state index is 3.66. The molecule has 6 heteroatoms. The molecule has 0 spiro atoms. The maximum Gasteiger partial charge on any atom is 0.0218 e. The number of halogens is 3. The fourth-order valence-corrected chi connectivity index (χ4v) is 5.71. The van der Waals surface area contributed by atoms with E-state index in [9.17, 15) is 0 Å². The molecule has 0 aliphatic rings. The lowest BCUT2D eigenvalue weighted by atomic mass is 9.95. The van der Waals surface area contributed by atoms with Crippen molar-refractivity contribution in [2.45, 2.75) is 13.0 Å². The SMILES string of the molecule is Cl.Cl.Cl.c1ccc2c(CCNCCNCCNCc3c4ccccc4cc4ccccc34)c3ccccc3cc2c1. The monoisotopic (exact) mass is 605 g/mol. The predicted octanol–water partition coefficient (Wildman–Crippen LogP) is 8.08. The number of rotatable bonds is 11. The predicted molar refractivity (Wildman–Crippen MR) is 186 cm³/mol. The Balaban J connectivity index is 0.00000154. The Kier molecular flexibility index (Phi) is 12.7. The summed E-state index contributed by atoms with van der Waals surface area (Å²) in [6.07, 6.45) is 1.03. The third-order valence-electron chi connectivity index (χ3n) is 7.58. The normalized spacial score (nSPS) is 10.8. The highest BCUT2D eigenvalue weighted by atomic mass is 35.5. The molecule has 0 saturated carbocycles. The van der Waals surface area contributed by atoms with E-state index in [0.29, 0.717) is 0 Å². The average Bonchev–Trinajstić information content (AvgIpc) is 2.97. The van der Waals surface area contributed by atoms with Crippen LogP contribution in [0.25, 0.3) is 43.1 Å². The number of nitrogens with one attached hydrogen (secondary N) is 3. The van der Waals surface area contributed by atoms with Crippen LogP contribution in [-0.4, -0.2) is 32.7 Å². The molecular formula is C35H38Cl3N3. The first kappa shape index (κ1) is 32.6. The Morgan fingerprint density at radius 2 is 0.707 bits per heavy atom. The van der Waals surface area contributed by atoms with Gasteiger partial charge < -0.3 is 16.0 Å². The van der Waals surface area contributed by atoms with Crippen molar-refractivity contribution in [3.63, 3.8) is 0 Å². The van der Waals surface area contributed by atoms with Gasteiger partial charge in [0.25, 0.3) is 0 Å². The van der Waals surface area contributed by atoms with Gasteiger partial charge in [-0.2, -0.15) is 0 Å². The summed E-state index contributed by atoms with van der Waals surface area (Å²) in [5.41, 5.74) is 2.84. The highest BCUT2D eigenvalue weighted by molar-refractivity contribution is 6.03. The Morgan fingerprint density at radius 3 is 1.15 bits per heavy atom. The van der Waals surface area contributed by atoms with Crippen LogP contribution in [0.15, 0.2) is 109 Å². The Hall–Kier alpha value is -2.89. The van der Waals surface area contributed by atoms with Crippen LogP contribution in [0.2, 0.25) is 0 Å². The molecule has 0 atom stereocenters. The summed E-state index contributed by atoms with van der Waals surface area (Å²) >= 11 is 0. The standard InChI is InChI=1S/C35H35N3.3ClH/c1-5-13-30-26(9-1)23-27-10-2-6-14-31(27)34(30)17-18-36-19-20-37-21-22-38-25-35-32-15-7-3-11-28(32)24-29-12-4-8-16-33(29)35;;;/h1-16,23-24,36-38H,17-22,25H2;3*1H. The summed E-state index contributed by atoms with van der Waals surface area (Å²) in [4.78, 5) is 0. The second kappa shape index (κ2) is 15.9. The van der Waals surface area contributed by atoms with Gasteiger partial charge in [-0.25, -0.2) is 0 Å². The van der Waals surface area contributed by atoms with E-state index < -0.39 is 0 Å². The molecule has 214 valence electrons. The molecule has 6 aromatic carbocycles. The summed E-state index contributed by atoms with van der Waals surface area (Å²) in [6.45, 7) is 5.69. The smallest absolute Gasteiger partial charge is 0.0218 e. The molecule has 0 aliphatic heterocycles. The summed E-state index contributed by atoms with van der Waals surface area (Å²) in [7, 11) is 0. The van der Waals surface area contributed by atoms with E-state index in [4.69, 9.17) is 0 Å². The molecule has 0 saturated heterocycles. The minimum atomic E-state index is 0. The Morgan fingerprint density at radius 1 is 0.366 bits per heavy atom. The molecule has 3 N–H and O–H groups in total. The summed E-state index contributed by atoms with van der Waals surface area (Å²) < 4.78 is 0. The average molecular weight is 607 g/mol. The Bertz CT molecular complexity index is 1470. The number of fused-ring (bicyclic) bond motifs is 4. The van der Waals surface area contributed by atoms with Crippen LogP contribution in [0.4, 0.5) is 0 Å². The van der Waals surface area contributed by atoms with Crippen molar-refractivity contribution in [2.24, 2.45) is 0 Å². The van der Waals surface area contributed by atoms with Crippen LogP contribution in [-0.2, 0) is 13.0 Å². The Labute approximate surface area is 261 Å². The molecule has 0 heterocycles. The molecule has 0 unspecified atom stereocenters. The third-order valence-corrected chi connectivity index (χ3v) is 7.58. The van der Waals surface area contributed by atoms with E-state index >= 15 is 0 Å². The van der Waals surface area contributed by atoms with Crippen LogP contribution in [0, 0.1) is 0 Å². The second-order valence-corrected chi connectivity index (χ2v) is 10.0. The first-order chi connectivity index (χ1) is 18.9. The van der Waals surface area contributed by atoms with Gasteiger partial charge in [0.15, 0.2) is 0 Å². The van der Waals surface area contributed by atoms with Gasteiger partial charge in [-0.05, 0) is 79.3 Å². The fraction of sp³-hybridized carbons (Fsp3) is 0.200. The van der Waals surface area contributed by atoms with Gasteiger partial charge in [-0.3, -0.25) is 0 Å². The van der Waals surface area contributed by atoms with Crippen LogP contribution < -0.4 is 16.0 Å². The summed E-state index contributed by atoms with van der Waals surface area (Å²) in [5, 5.41) is 21.6. The highest BCUT2D eigenvalue weighted by Gasteiger charge is 2.08. The van der Waals surface area contributed by atoms with Gasteiger partial charge in [0.1, 0.15) is 0 Å². The lowest BCUT2D eigenvalue weighted by Crippen LogP contribution is -2.33. The molecular weight excluding hydrogens is 569 g/mol. The largest absolute Gasteiger partial charge is 0.315 e. The van der Waals surface area contributed by atoms with E-state index in [0.717, 1.165) is 45.7 Å². The van der Waals surface area contributed by atoms with Crippen molar-refractivity contribution in [2.75, 3.05) is 32.7 Å². The van der Waals surface area contributed by atoms with Crippen LogP contribution in [0.5, 0.6) is 0 Å². The van der Waals surface area contributed by atoms with Gasteiger partial charge in [0.05, 0.1) is 0 Å². The van der Waals surface area contributed by atoms with Gasteiger partial charge in [-0.15, -0.1) is 37.2 Å².